The number of H-pyrrole nitrogens is 2. The molecule has 0 spiro atoms. The average Bonchev–Trinajstić information content (AvgIpc) is 3.52. The number of aromatic nitrogens is 5. The minimum atomic E-state index is -0.580. The van der Waals surface area contributed by atoms with E-state index in [-0.39, 0.29) is 11.4 Å². The van der Waals surface area contributed by atoms with Crippen molar-refractivity contribution in [2.24, 2.45) is 10.2 Å². The number of nitrogens with one attached hydrogen (secondary N) is 2. The van der Waals surface area contributed by atoms with Crippen LogP contribution in [-0.4, -0.2) is 20.0 Å². The first kappa shape index (κ1) is 20.8. The molecule has 2 aromatic carbocycles. The van der Waals surface area contributed by atoms with Crippen molar-refractivity contribution in [3.05, 3.63) is 91.5 Å². The summed E-state index contributed by atoms with van der Waals surface area (Å²) in [7, 11) is 0. The van der Waals surface area contributed by atoms with Crippen LogP contribution in [0.2, 0.25) is 5.02 Å². The highest BCUT2D eigenvalue weighted by Gasteiger charge is 2.28. The topological polar surface area (TPSA) is 125 Å². The maximum atomic E-state index is 12.9. The highest BCUT2D eigenvalue weighted by Crippen LogP contribution is 2.23. The number of benzene rings is 2. The molecule has 5 aromatic rings. The van der Waals surface area contributed by atoms with Gasteiger partial charge in [-0.15, -0.1) is 16.5 Å². The van der Waals surface area contributed by atoms with E-state index in [2.05, 4.69) is 25.6 Å². The summed E-state index contributed by atoms with van der Waals surface area (Å²) in [6.45, 7) is 1.72. The smallest absolute Gasteiger partial charge is 0.291 e. The molecule has 2 N–H and O–H groups in total. The van der Waals surface area contributed by atoms with Crippen LogP contribution >= 0.6 is 22.9 Å². The molecule has 0 fully saturated rings. The Kier molecular flexibility index (Phi) is 5.32. The summed E-state index contributed by atoms with van der Waals surface area (Å²) in [4.78, 5) is 29.8. The number of aromatic amines is 2. The summed E-state index contributed by atoms with van der Waals surface area (Å²) in [6.07, 6.45) is 0. The number of rotatable bonds is 5. The molecule has 164 valence electrons. The van der Waals surface area contributed by atoms with Crippen LogP contribution < -0.4 is 15.9 Å². The van der Waals surface area contributed by atoms with Crippen LogP contribution in [0.1, 0.15) is 5.69 Å². The van der Waals surface area contributed by atoms with Crippen molar-refractivity contribution in [2.75, 3.05) is 0 Å². The predicted octanol–water partition coefficient (Wildman–Crippen LogP) is 4.22. The Morgan fingerprint density at radius 3 is 2.61 bits per heavy atom. The van der Waals surface area contributed by atoms with E-state index in [1.54, 1.807) is 36.6 Å². The van der Waals surface area contributed by atoms with Gasteiger partial charge in [0.2, 0.25) is 10.8 Å². The van der Waals surface area contributed by atoms with Gasteiger partial charge in [-0.05, 0) is 41.1 Å². The Hall–Kier alpha value is -4.09. The first-order valence-corrected chi connectivity index (χ1v) is 10.9. The van der Waals surface area contributed by atoms with Crippen LogP contribution in [0.3, 0.4) is 0 Å². The van der Waals surface area contributed by atoms with Gasteiger partial charge in [-0.3, -0.25) is 14.4 Å². The highest BCUT2D eigenvalue weighted by atomic mass is 35.5. The molecule has 0 unspecified atom stereocenters. The quantitative estimate of drug-likeness (QED) is 0.288. The second-order valence-electron chi connectivity index (χ2n) is 6.92. The maximum Gasteiger partial charge on any atom is 0.437 e. The third-order valence-corrected chi connectivity index (χ3v) is 5.80. The molecule has 0 saturated heterocycles. The molecule has 0 saturated carbocycles. The lowest BCUT2D eigenvalue weighted by Gasteiger charge is -1.93. The number of aryl methyl sites for hydroxylation is 1. The Balaban J connectivity index is 1.50. The zero-order chi connectivity index (χ0) is 22.9. The SMILES string of the molecule is Cc1[nH]n(-c2nc(-c3c(=O)o[nH][n+]3-c3ccccc3)cs2)c(=O)c1N=Nc1ccc(Cl)cc1. The fraction of sp³-hybridized carbons (Fsp3) is 0.0476. The van der Waals surface area contributed by atoms with Gasteiger partial charge in [0.25, 0.3) is 0 Å². The maximum absolute atomic E-state index is 12.9. The molecule has 0 bridgehead atoms. The summed E-state index contributed by atoms with van der Waals surface area (Å²) < 4.78 is 7.74. The third-order valence-electron chi connectivity index (χ3n) is 4.72. The molecular weight excluding hydrogens is 466 g/mol. The Morgan fingerprint density at radius 2 is 1.85 bits per heavy atom. The first-order chi connectivity index (χ1) is 16.0. The first-order valence-electron chi connectivity index (χ1n) is 9.65. The molecule has 0 aliphatic heterocycles. The average molecular weight is 481 g/mol. The van der Waals surface area contributed by atoms with Crippen LogP contribution in [0.15, 0.2) is 84.3 Å². The molecule has 0 aliphatic rings. The second-order valence-corrected chi connectivity index (χ2v) is 8.19. The molecular formula is C21H15ClN7O3S+. The fourth-order valence-electron chi connectivity index (χ4n) is 3.13. The summed E-state index contributed by atoms with van der Waals surface area (Å²) in [6, 6.07) is 16.0. The molecule has 33 heavy (non-hydrogen) atoms. The summed E-state index contributed by atoms with van der Waals surface area (Å²) in [5.41, 5.74) is 1.52. The van der Waals surface area contributed by atoms with Crippen molar-refractivity contribution >= 4 is 34.3 Å². The standard InChI is InChI=1S/C21H14ClN7O3S/c1-12-17(25-24-14-9-7-13(22)8-10-14)19(30)29(26-12)21-23-16(11-33-21)18-20(31)32-27-28(18)15-5-3-2-4-6-15/h2-11H,1H3,(H-,24,26,27,30,31)/p+1. The monoisotopic (exact) mass is 480 g/mol. The number of hydrogen-bond donors (Lipinski definition) is 2. The minimum Gasteiger partial charge on any atom is -0.291 e. The van der Waals surface area contributed by atoms with Gasteiger partial charge < -0.3 is 0 Å². The van der Waals surface area contributed by atoms with Crippen molar-refractivity contribution in [2.45, 2.75) is 6.92 Å². The van der Waals surface area contributed by atoms with E-state index in [1.807, 2.05) is 30.3 Å². The highest BCUT2D eigenvalue weighted by molar-refractivity contribution is 7.12. The Labute approximate surface area is 194 Å². The molecule has 10 nitrogen and oxygen atoms in total. The van der Waals surface area contributed by atoms with Gasteiger partial charge in [-0.25, -0.2) is 9.78 Å². The summed E-state index contributed by atoms with van der Waals surface area (Å²) in [5, 5.41) is 16.3. The second kappa shape index (κ2) is 8.45. The zero-order valence-electron chi connectivity index (χ0n) is 17.0. The molecule has 3 aromatic heterocycles. The number of hydrogen-bond acceptors (Lipinski definition) is 7. The lowest BCUT2D eigenvalue weighted by molar-refractivity contribution is -0.660. The van der Waals surface area contributed by atoms with Gasteiger partial charge in [0.15, 0.2) is 11.4 Å². The van der Waals surface area contributed by atoms with Crippen molar-refractivity contribution in [3.63, 3.8) is 0 Å². The van der Waals surface area contributed by atoms with Crippen molar-refractivity contribution in [1.82, 2.24) is 20.0 Å². The Bertz CT molecular complexity index is 1580. The van der Waals surface area contributed by atoms with Gasteiger partial charge in [0, 0.05) is 22.5 Å². The van der Waals surface area contributed by atoms with Crippen LogP contribution in [0, 0.1) is 6.92 Å². The van der Waals surface area contributed by atoms with E-state index in [1.165, 1.54) is 20.7 Å². The van der Waals surface area contributed by atoms with Crippen molar-refractivity contribution in [3.8, 4) is 22.2 Å². The van der Waals surface area contributed by atoms with E-state index in [0.29, 0.717) is 32.9 Å². The molecule has 0 radical (unpaired) electrons. The van der Waals surface area contributed by atoms with Gasteiger partial charge in [-0.2, -0.15) is 9.80 Å². The lowest BCUT2D eigenvalue weighted by Crippen LogP contribution is -2.36. The summed E-state index contributed by atoms with van der Waals surface area (Å²) >= 11 is 7.07. The number of halogens is 1. The van der Waals surface area contributed by atoms with E-state index >= 15 is 0 Å². The lowest BCUT2D eigenvalue weighted by atomic mass is 10.3. The summed E-state index contributed by atoms with van der Waals surface area (Å²) in [5.74, 6) is 0. The minimum absolute atomic E-state index is 0.155. The zero-order valence-corrected chi connectivity index (χ0v) is 18.6. The van der Waals surface area contributed by atoms with E-state index < -0.39 is 11.2 Å². The Morgan fingerprint density at radius 1 is 1.09 bits per heavy atom. The number of para-hydroxylation sites is 1. The van der Waals surface area contributed by atoms with Gasteiger partial charge >= 0.3 is 16.9 Å². The van der Waals surface area contributed by atoms with Gasteiger partial charge in [0.1, 0.15) is 0 Å². The molecule has 12 heteroatoms. The van der Waals surface area contributed by atoms with E-state index in [4.69, 9.17) is 16.1 Å². The molecule has 0 aliphatic carbocycles. The predicted molar refractivity (Wildman–Crippen MR) is 122 cm³/mol. The van der Waals surface area contributed by atoms with E-state index in [0.717, 1.165) is 0 Å². The van der Waals surface area contributed by atoms with Crippen molar-refractivity contribution < 1.29 is 9.20 Å². The number of thiazole rings is 1. The molecule has 3 heterocycles. The number of azo groups is 1. The largest absolute Gasteiger partial charge is 0.437 e. The van der Waals surface area contributed by atoms with Crippen molar-refractivity contribution in [1.29, 1.82) is 0 Å². The third kappa shape index (κ3) is 3.95. The van der Waals surface area contributed by atoms with Crippen LogP contribution in [0.25, 0.3) is 22.2 Å². The molecule has 5 rings (SSSR count). The number of nitrogens with zero attached hydrogens (tertiary/aromatic N) is 5. The fourth-order valence-corrected chi connectivity index (χ4v) is 4.02. The van der Waals surface area contributed by atoms with Crippen LogP contribution in [0.4, 0.5) is 11.4 Å². The van der Waals surface area contributed by atoms with Gasteiger partial charge in [0.05, 0.1) is 11.4 Å². The van der Waals surface area contributed by atoms with Crippen LogP contribution in [0.5, 0.6) is 0 Å². The molecule has 0 amide bonds. The molecule has 0 atom stereocenters. The normalized spacial score (nSPS) is 11.5. The van der Waals surface area contributed by atoms with Crippen LogP contribution in [-0.2, 0) is 0 Å². The van der Waals surface area contributed by atoms with Gasteiger partial charge in [-0.1, -0.05) is 29.8 Å². The van der Waals surface area contributed by atoms with E-state index in [9.17, 15) is 9.59 Å².